The van der Waals surface area contributed by atoms with Crippen LogP contribution in [-0.4, -0.2) is 25.0 Å². The number of methoxy groups -OCH3 is 1. The molecule has 3 rings (SSSR count). The first-order valence-electron chi connectivity index (χ1n) is 7.34. The van der Waals surface area contributed by atoms with Crippen molar-refractivity contribution in [2.24, 2.45) is 0 Å². The largest absolute Gasteiger partial charge is 0.495 e. The summed E-state index contributed by atoms with van der Waals surface area (Å²) in [5, 5.41) is 6.81. The van der Waals surface area contributed by atoms with Gasteiger partial charge in [0.15, 0.2) is 0 Å². The molecule has 1 amide bonds. The number of nitrogens with zero attached hydrogens (tertiary/aromatic N) is 1. The van der Waals surface area contributed by atoms with Crippen molar-refractivity contribution in [1.82, 2.24) is 10.3 Å². The van der Waals surface area contributed by atoms with Crippen LogP contribution in [0.1, 0.15) is 10.4 Å². The topological polar surface area (TPSA) is 63.2 Å². The smallest absolute Gasteiger partial charge is 0.254 e. The van der Waals surface area contributed by atoms with E-state index in [1.54, 1.807) is 20.4 Å². The Balaban J connectivity index is 2.23. The molecular formula is C18H16BrN3O2. The van der Waals surface area contributed by atoms with Crippen LogP contribution in [0.4, 0.5) is 11.4 Å². The monoisotopic (exact) mass is 385 g/mol. The Kier molecular flexibility index (Phi) is 4.66. The second-order valence-electron chi connectivity index (χ2n) is 5.12. The number of hydrogen-bond donors (Lipinski definition) is 2. The van der Waals surface area contributed by atoms with E-state index in [-0.39, 0.29) is 5.91 Å². The van der Waals surface area contributed by atoms with Gasteiger partial charge in [0.25, 0.3) is 5.91 Å². The van der Waals surface area contributed by atoms with Crippen molar-refractivity contribution in [3.8, 4) is 5.75 Å². The standard InChI is InChI=1S/C18H16BrN3O2/c1-20-18(23)13-10-21-15-9-16(24-2)14(19)8-12(15)17(13)22-11-6-4-3-5-7-11/h3-10H,1-2H3,(H,20,23)(H,21,22). The van der Waals surface area contributed by atoms with Crippen molar-refractivity contribution in [2.45, 2.75) is 0 Å². The summed E-state index contributed by atoms with van der Waals surface area (Å²) in [7, 11) is 3.21. The molecule has 0 unspecified atom stereocenters. The van der Waals surface area contributed by atoms with Gasteiger partial charge in [-0.1, -0.05) is 18.2 Å². The van der Waals surface area contributed by atoms with E-state index in [1.165, 1.54) is 0 Å². The maximum absolute atomic E-state index is 12.2. The zero-order valence-corrected chi connectivity index (χ0v) is 14.8. The van der Waals surface area contributed by atoms with Gasteiger partial charge < -0.3 is 15.4 Å². The highest BCUT2D eigenvalue weighted by molar-refractivity contribution is 9.10. The summed E-state index contributed by atoms with van der Waals surface area (Å²) >= 11 is 3.49. The summed E-state index contributed by atoms with van der Waals surface area (Å²) < 4.78 is 6.12. The lowest BCUT2D eigenvalue weighted by Gasteiger charge is -2.15. The highest BCUT2D eigenvalue weighted by atomic mass is 79.9. The molecule has 0 fully saturated rings. The molecule has 24 heavy (non-hydrogen) atoms. The van der Waals surface area contributed by atoms with Crippen LogP contribution in [0.5, 0.6) is 5.75 Å². The van der Waals surface area contributed by atoms with Gasteiger partial charge in [-0.25, -0.2) is 0 Å². The summed E-state index contributed by atoms with van der Waals surface area (Å²) in [6.45, 7) is 0. The van der Waals surface area contributed by atoms with E-state index < -0.39 is 0 Å². The first-order chi connectivity index (χ1) is 11.6. The third-order valence-electron chi connectivity index (χ3n) is 3.66. The lowest BCUT2D eigenvalue weighted by molar-refractivity contribution is 0.0963. The number of carbonyl (C=O) groups is 1. The maximum atomic E-state index is 12.2. The molecule has 0 aliphatic heterocycles. The predicted molar refractivity (Wildman–Crippen MR) is 99.1 cm³/mol. The van der Waals surface area contributed by atoms with Crippen LogP contribution in [0.15, 0.2) is 53.1 Å². The van der Waals surface area contributed by atoms with Crippen molar-refractivity contribution in [3.05, 3.63) is 58.7 Å². The Morgan fingerprint density at radius 2 is 1.96 bits per heavy atom. The first kappa shape index (κ1) is 16.3. The second-order valence-corrected chi connectivity index (χ2v) is 5.98. The molecule has 3 aromatic rings. The fourth-order valence-electron chi connectivity index (χ4n) is 2.46. The number of carbonyl (C=O) groups excluding carboxylic acids is 1. The summed E-state index contributed by atoms with van der Waals surface area (Å²) in [6, 6.07) is 13.4. The van der Waals surface area contributed by atoms with Crippen LogP contribution in [0, 0.1) is 0 Å². The fourth-order valence-corrected chi connectivity index (χ4v) is 2.96. The Hall–Kier alpha value is -2.60. The van der Waals surface area contributed by atoms with Crippen LogP contribution in [0.2, 0.25) is 0 Å². The van der Waals surface area contributed by atoms with Gasteiger partial charge in [-0.3, -0.25) is 9.78 Å². The quantitative estimate of drug-likeness (QED) is 0.709. The number of halogens is 1. The van der Waals surface area contributed by atoms with Crippen molar-refractivity contribution in [3.63, 3.8) is 0 Å². The minimum atomic E-state index is -0.199. The number of rotatable bonds is 4. The van der Waals surface area contributed by atoms with Gasteiger partial charge >= 0.3 is 0 Å². The van der Waals surface area contributed by atoms with Gasteiger partial charge in [-0.2, -0.15) is 0 Å². The molecule has 6 heteroatoms. The normalized spacial score (nSPS) is 10.5. The van der Waals surface area contributed by atoms with Crippen LogP contribution in [-0.2, 0) is 0 Å². The van der Waals surface area contributed by atoms with Gasteiger partial charge in [0.2, 0.25) is 0 Å². The fraction of sp³-hybridized carbons (Fsp3) is 0.111. The molecule has 0 atom stereocenters. The molecule has 0 radical (unpaired) electrons. The summed E-state index contributed by atoms with van der Waals surface area (Å²) in [5.74, 6) is 0.489. The Morgan fingerprint density at radius 3 is 2.62 bits per heavy atom. The Labute approximate surface area is 148 Å². The second kappa shape index (κ2) is 6.88. The zero-order chi connectivity index (χ0) is 17.1. The molecule has 0 bridgehead atoms. The Bertz CT molecular complexity index is 898. The van der Waals surface area contributed by atoms with Gasteiger partial charge in [0, 0.05) is 30.4 Å². The molecule has 0 aliphatic carbocycles. The minimum Gasteiger partial charge on any atom is -0.495 e. The van der Waals surface area contributed by atoms with Gasteiger partial charge in [0.1, 0.15) is 5.75 Å². The number of ether oxygens (including phenoxy) is 1. The number of para-hydroxylation sites is 1. The van der Waals surface area contributed by atoms with Gasteiger partial charge in [-0.15, -0.1) is 0 Å². The van der Waals surface area contributed by atoms with Crippen molar-refractivity contribution in [2.75, 3.05) is 19.5 Å². The third-order valence-corrected chi connectivity index (χ3v) is 4.28. The molecule has 122 valence electrons. The van der Waals surface area contributed by atoms with Crippen LogP contribution in [0.25, 0.3) is 10.9 Å². The Morgan fingerprint density at radius 1 is 1.21 bits per heavy atom. The number of nitrogens with one attached hydrogen (secondary N) is 2. The van der Waals surface area contributed by atoms with Crippen LogP contribution in [0.3, 0.4) is 0 Å². The van der Waals surface area contributed by atoms with E-state index in [2.05, 4.69) is 31.5 Å². The SMILES string of the molecule is CNC(=O)c1cnc2cc(OC)c(Br)cc2c1Nc1ccccc1. The lowest BCUT2D eigenvalue weighted by atomic mass is 10.1. The average Bonchev–Trinajstić information content (AvgIpc) is 2.62. The van der Waals surface area contributed by atoms with E-state index in [9.17, 15) is 4.79 Å². The highest BCUT2D eigenvalue weighted by Gasteiger charge is 2.16. The number of hydrogen-bond acceptors (Lipinski definition) is 4. The molecule has 0 saturated carbocycles. The number of benzene rings is 2. The van der Waals surface area contributed by atoms with E-state index in [4.69, 9.17) is 4.74 Å². The van der Waals surface area contributed by atoms with Crippen molar-refractivity contribution in [1.29, 1.82) is 0 Å². The van der Waals surface area contributed by atoms with Crippen LogP contribution >= 0.6 is 15.9 Å². The number of amides is 1. The molecule has 1 aromatic heterocycles. The van der Waals surface area contributed by atoms with Gasteiger partial charge in [-0.05, 0) is 34.1 Å². The minimum absolute atomic E-state index is 0.199. The zero-order valence-electron chi connectivity index (χ0n) is 13.3. The maximum Gasteiger partial charge on any atom is 0.254 e. The van der Waals surface area contributed by atoms with E-state index in [0.29, 0.717) is 17.0 Å². The number of fused-ring (bicyclic) bond motifs is 1. The lowest BCUT2D eigenvalue weighted by Crippen LogP contribution is -2.19. The van der Waals surface area contributed by atoms with Gasteiger partial charge in [0.05, 0.1) is 28.4 Å². The summed E-state index contributed by atoms with van der Waals surface area (Å²) in [6.07, 6.45) is 1.57. The number of anilines is 2. The van der Waals surface area contributed by atoms with Crippen molar-refractivity contribution >= 4 is 44.1 Å². The molecular weight excluding hydrogens is 370 g/mol. The molecule has 0 saturated heterocycles. The van der Waals surface area contributed by atoms with Crippen LogP contribution < -0.4 is 15.4 Å². The molecule has 0 aliphatic rings. The molecule has 2 N–H and O–H groups in total. The molecule has 5 nitrogen and oxygen atoms in total. The predicted octanol–water partition coefficient (Wildman–Crippen LogP) is 4.11. The third kappa shape index (κ3) is 3.05. The summed E-state index contributed by atoms with van der Waals surface area (Å²) in [4.78, 5) is 16.6. The van der Waals surface area contributed by atoms with E-state index >= 15 is 0 Å². The number of pyridine rings is 1. The van der Waals surface area contributed by atoms with E-state index in [0.717, 1.165) is 21.1 Å². The van der Waals surface area contributed by atoms with E-state index in [1.807, 2.05) is 42.5 Å². The van der Waals surface area contributed by atoms with Crippen molar-refractivity contribution < 1.29 is 9.53 Å². The molecule has 1 heterocycles. The average molecular weight is 386 g/mol. The molecule has 0 spiro atoms. The molecule has 2 aromatic carbocycles. The highest BCUT2D eigenvalue weighted by Crippen LogP contribution is 2.35. The first-order valence-corrected chi connectivity index (χ1v) is 8.13. The summed E-state index contributed by atoms with van der Waals surface area (Å²) in [5.41, 5.74) is 2.81. The number of aromatic nitrogens is 1.